The Morgan fingerprint density at radius 2 is 1.87 bits per heavy atom. The highest BCUT2D eigenvalue weighted by molar-refractivity contribution is 7.89. The minimum absolute atomic E-state index is 0.0942. The minimum Gasteiger partial charge on any atom is -0.496 e. The van der Waals surface area contributed by atoms with Crippen LogP contribution in [-0.4, -0.2) is 45.4 Å². The van der Waals surface area contributed by atoms with Crippen LogP contribution in [0.15, 0.2) is 23.1 Å². The molecule has 0 bridgehead atoms. The van der Waals surface area contributed by atoms with Crippen LogP contribution in [0.1, 0.15) is 38.1 Å². The van der Waals surface area contributed by atoms with Gasteiger partial charge in [-0.05, 0) is 24.1 Å². The van der Waals surface area contributed by atoms with E-state index in [9.17, 15) is 13.2 Å². The van der Waals surface area contributed by atoms with Crippen LogP contribution >= 0.6 is 0 Å². The Hall–Kier alpha value is -1.60. The summed E-state index contributed by atoms with van der Waals surface area (Å²) in [4.78, 5) is 12.4. The smallest absolute Gasteiger partial charge is 0.255 e. The van der Waals surface area contributed by atoms with Crippen molar-refractivity contribution in [2.75, 3.05) is 26.7 Å². The molecule has 0 saturated heterocycles. The Morgan fingerprint density at radius 3 is 2.35 bits per heavy atom. The third-order valence-corrected chi connectivity index (χ3v) is 5.48. The number of amides is 1. The van der Waals surface area contributed by atoms with E-state index < -0.39 is 10.0 Å². The van der Waals surface area contributed by atoms with Gasteiger partial charge in [-0.2, -0.15) is 4.31 Å². The molecule has 0 aliphatic heterocycles. The number of carbonyl (C=O) groups excluding carboxylic acids is 1. The van der Waals surface area contributed by atoms with Crippen LogP contribution in [-0.2, 0) is 10.0 Å². The summed E-state index contributed by atoms with van der Waals surface area (Å²) in [7, 11) is -2.16. The van der Waals surface area contributed by atoms with E-state index in [1.54, 1.807) is 13.8 Å². The van der Waals surface area contributed by atoms with Crippen molar-refractivity contribution in [3.8, 4) is 5.75 Å². The van der Waals surface area contributed by atoms with Gasteiger partial charge in [0.15, 0.2) is 0 Å². The monoisotopic (exact) mass is 342 g/mol. The zero-order chi connectivity index (χ0) is 17.6. The van der Waals surface area contributed by atoms with Crippen LogP contribution < -0.4 is 10.1 Å². The molecule has 1 aromatic carbocycles. The summed E-state index contributed by atoms with van der Waals surface area (Å²) >= 11 is 0. The van der Waals surface area contributed by atoms with Gasteiger partial charge in [-0.1, -0.05) is 27.7 Å². The molecule has 23 heavy (non-hydrogen) atoms. The summed E-state index contributed by atoms with van der Waals surface area (Å²) in [5, 5.41) is 2.78. The molecule has 0 aliphatic carbocycles. The maximum absolute atomic E-state index is 12.6. The third-order valence-electron chi connectivity index (χ3n) is 3.43. The van der Waals surface area contributed by atoms with E-state index in [2.05, 4.69) is 5.32 Å². The lowest BCUT2D eigenvalue weighted by atomic mass is 10.1. The Kier molecular flexibility index (Phi) is 7.02. The fourth-order valence-electron chi connectivity index (χ4n) is 2.13. The van der Waals surface area contributed by atoms with E-state index in [0.717, 1.165) is 0 Å². The number of carbonyl (C=O) groups is 1. The number of rotatable bonds is 8. The standard InChI is InChI=1S/C16H26N2O4S/c1-6-18(7-2)23(20,21)13-8-9-15(22-5)14(10-13)16(19)17-11-12(3)4/h8-10,12H,6-7,11H2,1-5H3,(H,17,19). The topological polar surface area (TPSA) is 75.7 Å². The largest absolute Gasteiger partial charge is 0.496 e. The average Bonchev–Trinajstić information content (AvgIpc) is 2.52. The minimum atomic E-state index is -3.62. The maximum Gasteiger partial charge on any atom is 0.255 e. The van der Waals surface area contributed by atoms with Gasteiger partial charge in [0.2, 0.25) is 10.0 Å². The highest BCUT2D eigenvalue weighted by Crippen LogP contribution is 2.24. The highest BCUT2D eigenvalue weighted by Gasteiger charge is 2.24. The maximum atomic E-state index is 12.6. The Balaban J connectivity index is 3.24. The van der Waals surface area contributed by atoms with Crippen molar-refractivity contribution >= 4 is 15.9 Å². The second-order valence-electron chi connectivity index (χ2n) is 5.56. The van der Waals surface area contributed by atoms with Gasteiger partial charge in [-0.3, -0.25) is 4.79 Å². The van der Waals surface area contributed by atoms with Crippen LogP contribution in [0.2, 0.25) is 0 Å². The van der Waals surface area contributed by atoms with E-state index >= 15 is 0 Å². The van der Waals surface area contributed by atoms with Crippen molar-refractivity contribution in [2.45, 2.75) is 32.6 Å². The Labute approximate surface area is 138 Å². The molecular weight excluding hydrogens is 316 g/mol. The molecule has 0 unspecified atom stereocenters. The number of nitrogens with zero attached hydrogens (tertiary/aromatic N) is 1. The SMILES string of the molecule is CCN(CC)S(=O)(=O)c1ccc(OC)c(C(=O)NCC(C)C)c1. The van der Waals surface area contributed by atoms with Crippen molar-refractivity contribution < 1.29 is 17.9 Å². The molecule has 1 amide bonds. The van der Waals surface area contributed by atoms with Crippen molar-refractivity contribution in [1.82, 2.24) is 9.62 Å². The molecule has 7 heteroatoms. The summed E-state index contributed by atoms with van der Waals surface area (Å²) in [6.45, 7) is 8.79. The quantitative estimate of drug-likeness (QED) is 0.785. The molecule has 0 heterocycles. The predicted molar refractivity (Wildman–Crippen MR) is 90.3 cm³/mol. The van der Waals surface area contributed by atoms with E-state index in [1.807, 2.05) is 13.8 Å². The first-order valence-corrected chi connectivity index (χ1v) is 9.18. The van der Waals surface area contributed by atoms with Gasteiger partial charge in [0.05, 0.1) is 17.6 Å². The number of hydrogen-bond acceptors (Lipinski definition) is 4. The van der Waals surface area contributed by atoms with Crippen molar-refractivity contribution in [2.24, 2.45) is 5.92 Å². The van der Waals surface area contributed by atoms with Gasteiger partial charge in [0.25, 0.3) is 5.91 Å². The molecule has 1 N–H and O–H groups in total. The molecule has 1 rings (SSSR count). The lowest BCUT2D eigenvalue weighted by Crippen LogP contribution is -2.31. The molecule has 0 aromatic heterocycles. The molecule has 1 aromatic rings. The predicted octanol–water partition coefficient (Wildman–Crippen LogP) is 2.11. The summed E-state index contributed by atoms with van der Waals surface area (Å²) in [5.41, 5.74) is 0.224. The molecule has 0 aliphatic rings. The zero-order valence-corrected chi connectivity index (χ0v) is 15.2. The average molecular weight is 342 g/mol. The van der Waals surface area contributed by atoms with Crippen LogP contribution in [0, 0.1) is 5.92 Å². The van der Waals surface area contributed by atoms with Gasteiger partial charge in [-0.15, -0.1) is 0 Å². The van der Waals surface area contributed by atoms with Gasteiger partial charge in [0.1, 0.15) is 5.75 Å². The lowest BCUT2D eigenvalue weighted by Gasteiger charge is -2.19. The third kappa shape index (κ3) is 4.68. The fraction of sp³-hybridized carbons (Fsp3) is 0.562. The van der Waals surface area contributed by atoms with Crippen LogP contribution in [0.3, 0.4) is 0 Å². The number of sulfonamides is 1. The number of benzene rings is 1. The molecular formula is C16H26N2O4S. The summed E-state index contributed by atoms with van der Waals surface area (Å²) in [6.07, 6.45) is 0. The van der Waals surface area contributed by atoms with E-state index in [0.29, 0.717) is 31.3 Å². The van der Waals surface area contributed by atoms with E-state index in [-0.39, 0.29) is 16.4 Å². The second-order valence-corrected chi connectivity index (χ2v) is 7.49. The molecule has 6 nitrogen and oxygen atoms in total. The Morgan fingerprint density at radius 1 is 1.26 bits per heavy atom. The van der Waals surface area contributed by atoms with E-state index in [4.69, 9.17) is 4.74 Å². The van der Waals surface area contributed by atoms with Crippen LogP contribution in [0.25, 0.3) is 0 Å². The molecule has 0 saturated carbocycles. The van der Waals surface area contributed by atoms with Gasteiger partial charge < -0.3 is 10.1 Å². The zero-order valence-electron chi connectivity index (χ0n) is 14.4. The van der Waals surface area contributed by atoms with Gasteiger partial charge >= 0.3 is 0 Å². The van der Waals surface area contributed by atoms with E-state index in [1.165, 1.54) is 29.6 Å². The Bertz CT molecular complexity index is 637. The number of ether oxygens (including phenoxy) is 1. The van der Waals surface area contributed by atoms with Crippen molar-refractivity contribution in [1.29, 1.82) is 0 Å². The normalized spacial score (nSPS) is 11.8. The van der Waals surface area contributed by atoms with Crippen molar-refractivity contribution in [3.63, 3.8) is 0 Å². The van der Waals surface area contributed by atoms with Crippen molar-refractivity contribution in [3.05, 3.63) is 23.8 Å². The number of nitrogens with one attached hydrogen (secondary N) is 1. The number of hydrogen-bond donors (Lipinski definition) is 1. The molecule has 0 radical (unpaired) electrons. The molecule has 0 fully saturated rings. The molecule has 0 spiro atoms. The van der Waals surface area contributed by atoms with Gasteiger partial charge in [-0.25, -0.2) is 8.42 Å². The summed E-state index contributed by atoms with van der Waals surface area (Å²) < 4.78 is 31.7. The molecule has 0 atom stereocenters. The summed E-state index contributed by atoms with van der Waals surface area (Å²) in [5.74, 6) is 0.310. The first kappa shape index (κ1) is 19.4. The number of methoxy groups -OCH3 is 1. The first-order chi connectivity index (χ1) is 10.8. The fourth-order valence-corrected chi connectivity index (χ4v) is 3.61. The van der Waals surface area contributed by atoms with Gasteiger partial charge in [0, 0.05) is 19.6 Å². The lowest BCUT2D eigenvalue weighted by molar-refractivity contribution is 0.0945. The first-order valence-electron chi connectivity index (χ1n) is 7.74. The van der Waals surface area contributed by atoms with Crippen LogP contribution in [0.4, 0.5) is 0 Å². The second kappa shape index (κ2) is 8.31. The summed E-state index contributed by atoms with van der Waals surface area (Å²) in [6, 6.07) is 4.36. The van der Waals surface area contributed by atoms with Crippen LogP contribution in [0.5, 0.6) is 5.75 Å². The molecule has 130 valence electrons. The highest BCUT2D eigenvalue weighted by atomic mass is 32.2.